The van der Waals surface area contributed by atoms with Gasteiger partial charge in [0.15, 0.2) is 0 Å². The maximum atomic E-state index is 13.6. The smallest absolute Gasteiger partial charge is 0.317 e. The third-order valence-electron chi connectivity index (χ3n) is 7.47. The zero-order chi connectivity index (χ0) is 29.4. The molecule has 5 amide bonds. The van der Waals surface area contributed by atoms with Crippen LogP contribution < -0.4 is 10.2 Å². The number of aromatic nitrogens is 1. The lowest BCUT2D eigenvalue weighted by molar-refractivity contribution is -0.143. The molecule has 41 heavy (non-hydrogen) atoms. The molecular weight excluding hydrogens is 558 g/mol. The first-order valence-corrected chi connectivity index (χ1v) is 12.1. The van der Waals surface area contributed by atoms with Gasteiger partial charge in [0, 0.05) is 23.8 Å². The van der Waals surface area contributed by atoms with Crippen LogP contribution in [0.4, 0.5) is 47.3 Å². The highest BCUT2D eigenvalue weighted by Gasteiger charge is 2.63. The molecule has 15 heteroatoms. The van der Waals surface area contributed by atoms with Crippen molar-refractivity contribution in [3.8, 4) is 6.07 Å². The molecule has 1 aromatic heterocycles. The summed E-state index contributed by atoms with van der Waals surface area (Å²) in [5, 5.41) is 11.9. The van der Waals surface area contributed by atoms with Crippen LogP contribution in [0.5, 0.6) is 0 Å². The fraction of sp³-hybridized carbons (Fsp3) is 0.269. The number of amides is 5. The number of urea groups is 2. The highest BCUT2D eigenvalue weighted by Crippen LogP contribution is 2.44. The van der Waals surface area contributed by atoms with E-state index in [1.165, 1.54) is 23.2 Å². The summed E-state index contributed by atoms with van der Waals surface area (Å²) in [4.78, 5) is 47.7. The van der Waals surface area contributed by atoms with Gasteiger partial charge in [0.25, 0.3) is 5.91 Å². The second-order valence-corrected chi connectivity index (χ2v) is 9.79. The molecule has 0 spiro atoms. The molecule has 2 bridgehead atoms. The Labute approximate surface area is 226 Å². The number of nitriles is 1. The van der Waals surface area contributed by atoms with Crippen molar-refractivity contribution in [2.75, 3.05) is 16.8 Å². The van der Waals surface area contributed by atoms with Crippen LogP contribution in [0.3, 0.4) is 0 Å². The third-order valence-corrected chi connectivity index (χ3v) is 7.47. The number of nitrogens with one attached hydrogen (secondary N) is 1. The number of nitrogens with zero attached hydrogens (tertiary/aromatic N) is 5. The first-order valence-electron chi connectivity index (χ1n) is 12.1. The predicted octanol–water partition coefficient (Wildman–Crippen LogP) is 4.97. The molecule has 4 heterocycles. The summed E-state index contributed by atoms with van der Waals surface area (Å²) in [6, 6.07) is 4.55. The minimum absolute atomic E-state index is 0.0505. The summed E-state index contributed by atoms with van der Waals surface area (Å²) in [5.74, 6) is -0.659. The minimum Gasteiger partial charge on any atom is -0.317 e. The van der Waals surface area contributed by atoms with Crippen LogP contribution >= 0.6 is 0 Å². The Morgan fingerprint density at radius 1 is 1.02 bits per heavy atom. The molecule has 6 rings (SSSR count). The van der Waals surface area contributed by atoms with Crippen molar-refractivity contribution in [1.82, 2.24) is 14.8 Å². The number of fused-ring (bicyclic) bond motifs is 6. The Morgan fingerprint density at radius 2 is 1.71 bits per heavy atom. The molecule has 3 atom stereocenters. The van der Waals surface area contributed by atoms with Gasteiger partial charge in [-0.25, -0.2) is 14.5 Å². The molecule has 2 aromatic carbocycles. The van der Waals surface area contributed by atoms with Crippen LogP contribution in [0, 0.1) is 11.3 Å². The number of hydrogen-bond donors (Lipinski definition) is 1. The number of benzene rings is 2. The van der Waals surface area contributed by atoms with E-state index in [1.54, 1.807) is 12.1 Å². The van der Waals surface area contributed by atoms with E-state index in [9.17, 15) is 46.0 Å². The number of rotatable bonds is 2. The second-order valence-electron chi connectivity index (χ2n) is 9.79. The van der Waals surface area contributed by atoms with Gasteiger partial charge in [0.05, 0.1) is 40.0 Å². The van der Waals surface area contributed by atoms with Gasteiger partial charge in [-0.2, -0.15) is 31.6 Å². The number of anilines is 2. The summed E-state index contributed by atoms with van der Waals surface area (Å²) in [5.41, 5.74) is -3.20. The molecule has 3 aliphatic heterocycles. The zero-order valence-electron chi connectivity index (χ0n) is 20.5. The summed E-state index contributed by atoms with van der Waals surface area (Å²) in [6.07, 6.45) is -8.54. The lowest BCUT2D eigenvalue weighted by atomic mass is 10.1. The molecule has 0 saturated carbocycles. The van der Waals surface area contributed by atoms with E-state index >= 15 is 0 Å². The van der Waals surface area contributed by atoms with Crippen LogP contribution in [0.2, 0.25) is 0 Å². The Bertz CT molecular complexity index is 1650. The number of likely N-dealkylation sites (tertiary alicyclic amines) is 1. The number of halogens is 6. The molecule has 0 radical (unpaired) electrons. The molecule has 0 unspecified atom stereocenters. The lowest BCUT2D eigenvalue weighted by Crippen LogP contribution is -2.55. The van der Waals surface area contributed by atoms with E-state index in [4.69, 9.17) is 0 Å². The molecule has 3 saturated heterocycles. The van der Waals surface area contributed by atoms with E-state index in [0.29, 0.717) is 17.5 Å². The second kappa shape index (κ2) is 8.82. The van der Waals surface area contributed by atoms with Crippen molar-refractivity contribution in [2.24, 2.45) is 0 Å². The monoisotopic (exact) mass is 574 g/mol. The van der Waals surface area contributed by atoms with Crippen LogP contribution in [0.25, 0.3) is 10.9 Å². The summed E-state index contributed by atoms with van der Waals surface area (Å²) in [6.45, 7) is -0.0827. The average Bonchev–Trinajstić information content (AvgIpc) is 3.58. The van der Waals surface area contributed by atoms with E-state index in [0.717, 1.165) is 9.80 Å². The largest absolute Gasteiger partial charge is 0.416 e. The molecule has 3 fully saturated rings. The number of pyridine rings is 1. The van der Waals surface area contributed by atoms with Gasteiger partial charge in [-0.3, -0.25) is 9.78 Å². The predicted molar refractivity (Wildman–Crippen MR) is 129 cm³/mol. The van der Waals surface area contributed by atoms with Crippen LogP contribution in [0.15, 0.2) is 48.7 Å². The average molecular weight is 574 g/mol. The fourth-order valence-corrected chi connectivity index (χ4v) is 5.78. The first-order chi connectivity index (χ1) is 19.3. The number of carbonyl (C=O) groups excluding carboxylic acids is 3. The standard InChI is InChI=1S/C26H16F6N6O3/c27-25(28,29)13-6-14(26(30,31)32)8-15(7-13)35-23(40)36-11-16-9-19(36)21-22(39)38(24(41)37(16)21)18-4-3-12(10-33)20-17(18)2-1-5-34-20/h1-8,16,19,21H,9,11H2,(H,35,40)/t16-,19-,21-/m0/s1. The summed E-state index contributed by atoms with van der Waals surface area (Å²) >= 11 is 0. The van der Waals surface area contributed by atoms with Crippen LogP contribution in [0.1, 0.15) is 23.1 Å². The third kappa shape index (κ3) is 4.09. The van der Waals surface area contributed by atoms with Gasteiger partial charge in [0.1, 0.15) is 12.1 Å². The van der Waals surface area contributed by atoms with Gasteiger partial charge < -0.3 is 15.1 Å². The maximum absolute atomic E-state index is 13.6. The Balaban J connectivity index is 1.29. The number of carbonyl (C=O) groups is 3. The number of piperazine rings is 1. The van der Waals surface area contributed by atoms with E-state index < -0.39 is 65.3 Å². The van der Waals surface area contributed by atoms with E-state index in [1.807, 2.05) is 6.07 Å². The Hall–Kier alpha value is -4.87. The van der Waals surface area contributed by atoms with Gasteiger partial charge in [-0.05, 0) is 48.9 Å². The zero-order valence-corrected chi connectivity index (χ0v) is 20.5. The molecule has 1 N–H and O–H groups in total. The van der Waals surface area contributed by atoms with Gasteiger partial charge in [-0.1, -0.05) is 0 Å². The van der Waals surface area contributed by atoms with Crippen LogP contribution in [-0.4, -0.2) is 57.4 Å². The first kappa shape index (κ1) is 26.4. The highest BCUT2D eigenvalue weighted by atomic mass is 19.4. The van der Waals surface area contributed by atoms with Gasteiger partial charge in [-0.15, -0.1) is 0 Å². The lowest BCUT2D eigenvalue weighted by Gasteiger charge is -2.34. The normalized spacial score (nSPS) is 22.0. The molecule has 3 aliphatic rings. The van der Waals surface area contributed by atoms with Crippen LogP contribution in [-0.2, 0) is 17.1 Å². The van der Waals surface area contributed by atoms with Crippen molar-refractivity contribution < 1.29 is 40.7 Å². The van der Waals surface area contributed by atoms with Crippen molar-refractivity contribution >= 4 is 40.2 Å². The highest BCUT2D eigenvalue weighted by molar-refractivity contribution is 6.25. The quantitative estimate of drug-likeness (QED) is 0.344. The summed E-state index contributed by atoms with van der Waals surface area (Å²) in [7, 11) is 0. The van der Waals surface area contributed by atoms with E-state index in [2.05, 4.69) is 10.3 Å². The van der Waals surface area contributed by atoms with Gasteiger partial charge in [0.2, 0.25) is 0 Å². The van der Waals surface area contributed by atoms with E-state index in [-0.39, 0.29) is 35.8 Å². The Morgan fingerprint density at radius 3 is 2.34 bits per heavy atom. The Kier molecular flexibility index (Phi) is 5.67. The van der Waals surface area contributed by atoms with Crippen molar-refractivity contribution in [2.45, 2.75) is 36.9 Å². The number of imide groups is 1. The maximum Gasteiger partial charge on any atom is 0.416 e. The fourth-order valence-electron chi connectivity index (χ4n) is 5.78. The molecule has 0 aliphatic carbocycles. The van der Waals surface area contributed by atoms with Crippen molar-refractivity contribution in [3.63, 3.8) is 0 Å². The topological polar surface area (TPSA) is 110 Å². The SMILES string of the molecule is N#Cc1ccc(N2C(=O)[C@@H]3[C@@H]4C[C@@H](CN4C(=O)Nc4cc(C(F)(F)F)cc(C(F)(F)F)c4)N3C2=O)c2cccnc12. The molecule has 3 aromatic rings. The number of alkyl halides is 6. The molecular formula is C26H16F6N6O3. The number of hydrogen-bond acceptors (Lipinski definition) is 5. The summed E-state index contributed by atoms with van der Waals surface area (Å²) < 4.78 is 79.5. The van der Waals surface area contributed by atoms with Crippen molar-refractivity contribution in [1.29, 1.82) is 5.26 Å². The van der Waals surface area contributed by atoms with Crippen molar-refractivity contribution in [3.05, 3.63) is 65.4 Å². The molecule has 210 valence electrons. The molecule has 9 nitrogen and oxygen atoms in total. The minimum atomic E-state index is -5.10. The van der Waals surface area contributed by atoms with Gasteiger partial charge >= 0.3 is 24.4 Å².